The van der Waals surface area contributed by atoms with Crippen molar-refractivity contribution in [2.75, 3.05) is 0 Å². The highest BCUT2D eigenvalue weighted by atomic mass is 79.9. The van der Waals surface area contributed by atoms with Gasteiger partial charge in [-0.2, -0.15) is 0 Å². The van der Waals surface area contributed by atoms with Crippen molar-refractivity contribution in [3.05, 3.63) is 64.0 Å². The molecule has 1 aliphatic carbocycles. The molecule has 0 fully saturated rings. The molecule has 0 saturated carbocycles. The van der Waals surface area contributed by atoms with Crippen molar-refractivity contribution >= 4 is 21.5 Å². The summed E-state index contributed by atoms with van der Waals surface area (Å²) in [6, 6.07) is 10.2. The first-order valence-electron chi connectivity index (χ1n) is 4.88. The molecule has 2 heteroatoms. The Labute approximate surface area is 96.5 Å². The quantitative estimate of drug-likeness (QED) is 0.755. The van der Waals surface area contributed by atoms with Crippen LogP contribution in [0.25, 0.3) is 5.57 Å². The van der Waals surface area contributed by atoms with Crippen LogP contribution in [0.3, 0.4) is 0 Å². The Bertz CT molecular complexity index is 523. The van der Waals surface area contributed by atoms with Gasteiger partial charge < -0.3 is 4.42 Å². The molecule has 1 aromatic heterocycles. The molecule has 1 aliphatic rings. The van der Waals surface area contributed by atoms with Gasteiger partial charge in [0.05, 0.1) is 6.26 Å². The molecule has 0 radical (unpaired) electrons. The van der Waals surface area contributed by atoms with Crippen molar-refractivity contribution in [1.29, 1.82) is 0 Å². The number of hydrogen-bond donors (Lipinski definition) is 0. The van der Waals surface area contributed by atoms with Gasteiger partial charge in [-0.15, -0.1) is 0 Å². The van der Waals surface area contributed by atoms with Gasteiger partial charge in [-0.3, -0.25) is 0 Å². The van der Waals surface area contributed by atoms with E-state index < -0.39 is 0 Å². The summed E-state index contributed by atoms with van der Waals surface area (Å²) in [6.45, 7) is 0. The van der Waals surface area contributed by atoms with Crippen LogP contribution in [0.2, 0.25) is 0 Å². The zero-order chi connectivity index (χ0) is 10.3. The van der Waals surface area contributed by atoms with Crippen LogP contribution in [0.4, 0.5) is 0 Å². The predicted molar refractivity (Wildman–Crippen MR) is 63.6 cm³/mol. The highest BCUT2D eigenvalue weighted by Gasteiger charge is 2.18. The molecule has 1 nitrogen and oxygen atoms in total. The average molecular weight is 261 g/mol. The smallest absolute Gasteiger partial charge is 0.134 e. The number of fused-ring (bicyclic) bond motifs is 1. The van der Waals surface area contributed by atoms with Crippen molar-refractivity contribution in [2.24, 2.45) is 0 Å². The molecule has 74 valence electrons. The van der Waals surface area contributed by atoms with Crippen molar-refractivity contribution in [1.82, 2.24) is 0 Å². The summed E-state index contributed by atoms with van der Waals surface area (Å²) in [6.07, 6.45) is 4.91. The third-order valence-electron chi connectivity index (χ3n) is 2.71. The highest BCUT2D eigenvalue weighted by molar-refractivity contribution is 9.10. The van der Waals surface area contributed by atoms with Crippen LogP contribution in [0, 0.1) is 0 Å². The number of allylic oxidation sites excluding steroid dienone is 1. The number of hydrogen-bond acceptors (Lipinski definition) is 1. The summed E-state index contributed by atoms with van der Waals surface area (Å²) in [7, 11) is 0. The van der Waals surface area contributed by atoms with E-state index in [1.54, 1.807) is 6.26 Å². The van der Waals surface area contributed by atoms with Crippen molar-refractivity contribution in [3.8, 4) is 0 Å². The molecule has 2 aromatic rings. The van der Waals surface area contributed by atoms with Gasteiger partial charge in [-0.25, -0.2) is 0 Å². The van der Waals surface area contributed by atoms with Gasteiger partial charge in [-0.1, -0.05) is 34.1 Å². The van der Waals surface area contributed by atoms with Gasteiger partial charge in [0.1, 0.15) is 5.76 Å². The van der Waals surface area contributed by atoms with E-state index in [4.69, 9.17) is 4.42 Å². The minimum atomic E-state index is 0.951. The molecule has 0 bridgehead atoms. The predicted octanol–water partition coefficient (Wildman–Crippen LogP) is 4.03. The Morgan fingerprint density at radius 2 is 2.07 bits per heavy atom. The van der Waals surface area contributed by atoms with Crippen LogP contribution in [0.15, 0.2) is 51.6 Å². The van der Waals surface area contributed by atoms with Gasteiger partial charge in [-0.05, 0) is 35.7 Å². The van der Waals surface area contributed by atoms with Gasteiger partial charge in [0, 0.05) is 10.0 Å². The van der Waals surface area contributed by atoms with E-state index in [0.29, 0.717) is 0 Å². The number of rotatable bonds is 1. The summed E-state index contributed by atoms with van der Waals surface area (Å²) in [5.41, 5.74) is 3.83. The highest BCUT2D eigenvalue weighted by Crippen LogP contribution is 2.36. The largest absolute Gasteiger partial charge is 0.464 e. The van der Waals surface area contributed by atoms with Crippen LogP contribution >= 0.6 is 15.9 Å². The third kappa shape index (κ3) is 1.37. The zero-order valence-electron chi connectivity index (χ0n) is 8.03. The maximum atomic E-state index is 5.43. The van der Waals surface area contributed by atoms with Crippen LogP contribution in [0.5, 0.6) is 0 Å². The van der Waals surface area contributed by atoms with E-state index in [9.17, 15) is 0 Å². The molecule has 0 N–H and O–H groups in total. The normalized spacial score (nSPS) is 13.8. The van der Waals surface area contributed by atoms with Gasteiger partial charge in [0.2, 0.25) is 0 Å². The Balaban J connectivity index is 2.15. The first kappa shape index (κ1) is 8.98. The third-order valence-corrected chi connectivity index (χ3v) is 3.45. The second kappa shape index (κ2) is 3.38. The molecular formula is C13H9BrO. The molecule has 0 saturated heterocycles. The standard InChI is InChI=1S/C13H9BrO/c14-12-4-1-3-9-10(12)6-7-11(9)13-5-2-8-15-13/h1-5,7-8H,6H2. The first-order chi connectivity index (χ1) is 7.36. The molecule has 1 aromatic carbocycles. The topological polar surface area (TPSA) is 13.1 Å². The zero-order valence-corrected chi connectivity index (χ0v) is 9.62. The van der Waals surface area contributed by atoms with E-state index in [2.05, 4.69) is 40.2 Å². The molecular weight excluding hydrogens is 252 g/mol. The van der Waals surface area contributed by atoms with Crippen LogP contribution in [-0.2, 0) is 6.42 Å². The van der Waals surface area contributed by atoms with E-state index >= 15 is 0 Å². The Hall–Kier alpha value is -1.28. The van der Waals surface area contributed by atoms with Crippen LogP contribution in [-0.4, -0.2) is 0 Å². The Morgan fingerprint density at radius 1 is 1.13 bits per heavy atom. The van der Waals surface area contributed by atoms with Crippen molar-refractivity contribution in [3.63, 3.8) is 0 Å². The van der Waals surface area contributed by atoms with Gasteiger partial charge >= 0.3 is 0 Å². The summed E-state index contributed by atoms with van der Waals surface area (Å²) >= 11 is 3.57. The maximum absolute atomic E-state index is 5.43. The Kier molecular flexibility index (Phi) is 2.03. The molecule has 0 aliphatic heterocycles. The first-order valence-corrected chi connectivity index (χ1v) is 5.67. The monoisotopic (exact) mass is 260 g/mol. The molecule has 15 heavy (non-hydrogen) atoms. The molecule has 0 spiro atoms. The minimum absolute atomic E-state index is 0.951. The van der Waals surface area contributed by atoms with Gasteiger partial charge in [0.25, 0.3) is 0 Å². The van der Waals surface area contributed by atoms with E-state index in [-0.39, 0.29) is 0 Å². The number of furan rings is 1. The molecule has 0 unspecified atom stereocenters. The fourth-order valence-corrected chi connectivity index (χ4v) is 2.53. The summed E-state index contributed by atoms with van der Waals surface area (Å²) < 4.78 is 6.61. The van der Waals surface area contributed by atoms with E-state index in [1.807, 2.05) is 12.1 Å². The molecule has 0 amide bonds. The van der Waals surface area contributed by atoms with Gasteiger partial charge in [0.15, 0.2) is 0 Å². The van der Waals surface area contributed by atoms with Crippen LogP contribution < -0.4 is 0 Å². The molecule has 3 rings (SSSR count). The molecule has 0 atom stereocenters. The maximum Gasteiger partial charge on any atom is 0.134 e. The SMILES string of the molecule is Brc1cccc2c1CC=C2c1ccco1. The lowest BCUT2D eigenvalue weighted by atomic mass is 10.0. The fourth-order valence-electron chi connectivity index (χ4n) is 2.00. The number of benzene rings is 1. The van der Waals surface area contributed by atoms with E-state index in [1.165, 1.54) is 21.2 Å². The second-order valence-corrected chi connectivity index (χ2v) is 4.42. The average Bonchev–Trinajstić information content (AvgIpc) is 2.85. The summed E-state index contributed by atoms with van der Waals surface area (Å²) in [5, 5.41) is 0. The lowest BCUT2D eigenvalue weighted by Crippen LogP contribution is -1.86. The lowest BCUT2D eigenvalue weighted by Gasteiger charge is -2.04. The number of halogens is 1. The summed E-state index contributed by atoms with van der Waals surface area (Å²) in [5.74, 6) is 0.951. The van der Waals surface area contributed by atoms with Crippen molar-refractivity contribution < 1.29 is 4.42 Å². The van der Waals surface area contributed by atoms with Crippen LogP contribution in [0.1, 0.15) is 16.9 Å². The summed E-state index contributed by atoms with van der Waals surface area (Å²) in [4.78, 5) is 0. The minimum Gasteiger partial charge on any atom is -0.464 e. The fraction of sp³-hybridized carbons (Fsp3) is 0.0769. The second-order valence-electron chi connectivity index (χ2n) is 3.57. The van der Waals surface area contributed by atoms with Crippen molar-refractivity contribution in [2.45, 2.75) is 6.42 Å². The van der Waals surface area contributed by atoms with E-state index in [0.717, 1.165) is 12.2 Å². The Morgan fingerprint density at radius 3 is 2.87 bits per heavy atom. The molecule has 1 heterocycles. The lowest BCUT2D eigenvalue weighted by molar-refractivity contribution is 0.554.